The van der Waals surface area contributed by atoms with Crippen LogP contribution in [-0.4, -0.2) is 33.2 Å². The van der Waals surface area contributed by atoms with Crippen LogP contribution in [0, 0.1) is 0 Å². The molecule has 26 heavy (non-hydrogen) atoms. The number of sulfonamides is 1. The van der Waals surface area contributed by atoms with Crippen molar-refractivity contribution in [1.29, 1.82) is 0 Å². The normalized spacial score (nSPS) is 12.3. The number of methoxy groups -OCH3 is 1. The van der Waals surface area contributed by atoms with Gasteiger partial charge < -0.3 is 10.1 Å². The van der Waals surface area contributed by atoms with Gasteiger partial charge in [0.25, 0.3) is 0 Å². The van der Waals surface area contributed by atoms with E-state index in [-0.39, 0.29) is 30.3 Å². The van der Waals surface area contributed by atoms with Gasteiger partial charge >= 0.3 is 6.18 Å². The zero-order chi connectivity index (χ0) is 20.0. The molecule has 0 aliphatic heterocycles. The molecule has 0 unspecified atom stereocenters. The molecule has 1 amide bonds. The third-order valence-electron chi connectivity index (χ3n) is 3.55. The molecule has 0 aliphatic carbocycles. The maximum atomic E-state index is 12.8. The van der Waals surface area contributed by atoms with Gasteiger partial charge in [-0.2, -0.15) is 13.2 Å². The maximum absolute atomic E-state index is 12.8. The molecule has 0 aliphatic rings. The van der Waals surface area contributed by atoms with Gasteiger partial charge in [0.1, 0.15) is 5.75 Å². The van der Waals surface area contributed by atoms with Crippen LogP contribution in [0.1, 0.15) is 38.7 Å². The summed E-state index contributed by atoms with van der Waals surface area (Å²) >= 11 is 0. The van der Waals surface area contributed by atoms with E-state index in [2.05, 4.69) is 10.0 Å². The van der Waals surface area contributed by atoms with Gasteiger partial charge in [-0.25, -0.2) is 13.1 Å². The van der Waals surface area contributed by atoms with Crippen LogP contribution in [0.3, 0.4) is 0 Å². The van der Waals surface area contributed by atoms with Gasteiger partial charge in [-0.05, 0) is 38.8 Å². The summed E-state index contributed by atoms with van der Waals surface area (Å²) in [4.78, 5) is 11.8. The summed E-state index contributed by atoms with van der Waals surface area (Å²) in [6.07, 6.45) is -3.52. The average Bonchev–Trinajstić information content (AvgIpc) is 2.53. The van der Waals surface area contributed by atoms with E-state index in [4.69, 9.17) is 4.74 Å². The molecule has 6 nitrogen and oxygen atoms in total. The first kappa shape index (κ1) is 22.2. The Morgan fingerprint density at radius 3 is 2.42 bits per heavy atom. The highest BCUT2D eigenvalue weighted by Gasteiger charge is 2.34. The quantitative estimate of drug-likeness (QED) is 0.628. The Balaban J connectivity index is 2.49. The van der Waals surface area contributed by atoms with Crippen molar-refractivity contribution in [3.63, 3.8) is 0 Å². The largest absolute Gasteiger partial charge is 0.496 e. The Bertz CT molecular complexity index is 719. The fourth-order valence-corrected chi connectivity index (χ4v) is 2.78. The van der Waals surface area contributed by atoms with Crippen LogP contribution in [0.15, 0.2) is 18.2 Å². The molecule has 1 rings (SSSR count). The minimum atomic E-state index is -4.54. The van der Waals surface area contributed by atoms with Crippen LogP contribution in [0.2, 0.25) is 0 Å². The molecule has 0 saturated heterocycles. The fraction of sp³-hybridized carbons (Fsp3) is 0.562. The Morgan fingerprint density at radius 1 is 1.23 bits per heavy atom. The van der Waals surface area contributed by atoms with Crippen LogP contribution < -0.4 is 14.8 Å². The summed E-state index contributed by atoms with van der Waals surface area (Å²) in [5.41, 5.74) is -0.726. The van der Waals surface area contributed by atoms with Crippen molar-refractivity contribution in [2.24, 2.45) is 0 Å². The Labute approximate surface area is 151 Å². The predicted octanol–water partition coefficient (Wildman–Crippen LogP) is 3.15. The zero-order valence-corrected chi connectivity index (χ0v) is 15.6. The number of ether oxygens (including phenoxy) is 1. The standard InChI is InChI=1S/C16H23F3N2O4S/c1-11(2)26(23,24)20-9-5-4-6-15(22)21-12-7-8-13(16(17,18)19)14(10-12)25-3/h7-8,10-11,20H,4-6,9H2,1-3H3,(H,21,22). The second kappa shape index (κ2) is 9.22. The number of halogens is 3. The topological polar surface area (TPSA) is 84.5 Å². The summed E-state index contributed by atoms with van der Waals surface area (Å²) in [5.74, 6) is -0.753. The Kier molecular flexibility index (Phi) is 7.88. The van der Waals surface area contributed by atoms with E-state index in [0.29, 0.717) is 12.8 Å². The van der Waals surface area contributed by atoms with Crippen LogP contribution in [-0.2, 0) is 21.0 Å². The number of unbranched alkanes of at least 4 members (excludes halogenated alkanes) is 1. The third-order valence-corrected chi connectivity index (χ3v) is 5.39. The first-order valence-electron chi connectivity index (χ1n) is 8.01. The van der Waals surface area contributed by atoms with Crippen LogP contribution in [0.4, 0.5) is 18.9 Å². The highest BCUT2D eigenvalue weighted by molar-refractivity contribution is 7.90. The predicted molar refractivity (Wildman–Crippen MR) is 92.5 cm³/mol. The molecular weight excluding hydrogens is 373 g/mol. The molecule has 10 heteroatoms. The number of anilines is 1. The van der Waals surface area contributed by atoms with Gasteiger partial charge in [-0.3, -0.25) is 4.79 Å². The molecule has 2 N–H and O–H groups in total. The number of hydrogen-bond acceptors (Lipinski definition) is 4. The summed E-state index contributed by atoms with van der Waals surface area (Å²) in [6, 6.07) is 3.10. The number of alkyl halides is 3. The molecule has 0 bridgehead atoms. The fourth-order valence-electron chi connectivity index (χ4n) is 2.02. The third kappa shape index (κ3) is 6.83. The van der Waals surface area contributed by atoms with Gasteiger partial charge in [-0.1, -0.05) is 0 Å². The molecule has 0 atom stereocenters. The molecular formula is C16H23F3N2O4S. The number of carbonyl (C=O) groups excluding carboxylic acids is 1. The number of hydrogen-bond donors (Lipinski definition) is 2. The number of amides is 1. The summed E-state index contributed by atoms with van der Waals surface area (Å²) in [5, 5.41) is 1.97. The molecule has 0 fully saturated rings. The smallest absolute Gasteiger partial charge is 0.419 e. The second-order valence-electron chi connectivity index (χ2n) is 5.91. The van der Waals surface area contributed by atoms with Gasteiger partial charge in [0.05, 0.1) is 17.9 Å². The lowest BCUT2D eigenvalue weighted by molar-refractivity contribution is -0.138. The van der Waals surface area contributed by atoms with Gasteiger partial charge in [0.2, 0.25) is 15.9 Å². The van der Waals surface area contributed by atoms with Gasteiger partial charge in [-0.15, -0.1) is 0 Å². The van der Waals surface area contributed by atoms with Crippen molar-refractivity contribution in [2.45, 2.75) is 44.5 Å². The average molecular weight is 396 g/mol. The SMILES string of the molecule is COc1cc(NC(=O)CCCCNS(=O)(=O)C(C)C)ccc1C(F)(F)F. The molecule has 1 aromatic carbocycles. The minimum Gasteiger partial charge on any atom is -0.496 e. The Morgan fingerprint density at radius 2 is 1.88 bits per heavy atom. The van der Waals surface area contributed by atoms with Crippen molar-refractivity contribution in [3.05, 3.63) is 23.8 Å². The molecule has 1 aromatic rings. The summed E-state index contributed by atoms with van der Waals surface area (Å²) in [6.45, 7) is 3.35. The number of nitrogens with one attached hydrogen (secondary N) is 2. The maximum Gasteiger partial charge on any atom is 0.419 e. The molecule has 0 heterocycles. The summed E-state index contributed by atoms with van der Waals surface area (Å²) in [7, 11) is -2.21. The van der Waals surface area contributed by atoms with Crippen molar-refractivity contribution in [2.75, 3.05) is 19.0 Å². The molecule has 0 aromatic heterocycles. The van der Waals surface area contributed by atoms with Gasteiger partial charge in [0.15, 0.2) is 0 Å². The van der Waals surface area contributed by atoms with E-state index < -0.39 is 27.0 Å². The summed E-state index contributed by atoms with van der Waals surface area (Å²) < 4.78 is 68.6. The first-order valence-corrected chi connectivity index (χ1v) is 9.55. The molecule has 0 saturated carbocycles. The lowest BCUT2D eigenvalue weighted by atomic mass is 10.1. The first-order chi connectivity index (χ1) is 12.0. The van der Waals surface area contributed by atoms with Crippen LogP contribution in [0.5, 0.6) is 5.75 Å². The lowest BCUT2D eigenvalue weighted by Crippen LogP contribution is -2.31. The highest BCUT2D eigenvalue weighted by atomic mass is 32.2. The monoisotopic (exact) mass is 396 g/mol. The molecule has 0 radical (unpaired) electrons. The van der Waals surface area contributed by atoms with E-state index in [1.165, 1.54) is 0 Å². The molecule has 148 valence electrons. The van der Waals surface area contributed by atoms with Crippen molar-refractivity contribution in [1.82, 2.24) is 4.72 Å². The van der Waals surface area contributed by atoms with E-state index >= 15 is 0 Å². The van der Waals surface area contributed by atoms with E-state index in [1.54, 1.807) is 13.8 Å². The zero-order valence-electron chi connectivity index (χ0n) is 14.8. The highest BCUT2D eigenvalue weighted by Crippen LogP contribution is 2.37. The van der Waals surface area contributed by atoms with Gasteiger partial charge in [0, 0.05) is 24.7 Å². The van der Waals surface area contributed by atoms with Crippen LogP contribution >= 0.6 is 0 Å². The Hall–Kier alpha value is -1.81. The minimum absolute atomic E-state index is 0.118. The number of benzene rings is 1. The van der Waals surface area contributed by atoms with E-state index in [1.807, 2.05) is 0 Å². The number of rotatable bonds is 9. The van der Waals surface area contributed by atoms with E-state index in [0.717, 1.165) is 25.3 Å². The number of carbonyl (C=O) groups is 1. The van der Waals surface area contributed by atoms with Crippen molar-refractivity contribution >= 4 is 21.6 Å². The second-order valence-corrected chi connectivity index (χ2v) is 8.23. The van der Waals surface area contributed by atoms with Crippen molar-refractivity contribution in [3.8, 4) is 5.75 Å². The molecule has 0 spiro atoms. The van der Waals surface area contributed by atoms with Crippen molar-refractivity contribution < 1.29 is 31.1 Å². The van der Waals surface area contributed by atoms with Crippen LogP contribution in [0.25, 0.3) is 0 Å². The van der Waals surface area contributed by atoms with E-state index in [9.17, 15) is 26.4 Å². The lowest BCUT2D eigenvalue weighted by Gasteiger charge is -2.13.